The van der Waals surface area contributed by atoms with Gasteiger partial charge in [-0.2, -0.15) is 0 Å². The smallest absolute Gasteiger partial charge is 0.184 e. The van der Waals surface area contributed by atoms with Gasteiger partial charge in [-0.1, -0.05) is 5.21 Å². The summed E-state index contributed by atoms with van der Waals surface area (Å²) in [5.41, 5.74) is 0.448. The van der Waals surface area contributed by atoms with Crippen LogP contribution in [0.1, 0.15) is 35.8 Å². The van der Waals surface area contributed by atoms with Gasteiger partial charge in [-0.05, 0) is 6.42 Å². The normalized spacial score (nSPS) is 15.4. The van der Waals surface area contributed by atoms with Crippen molar-refractivity contribution in [1.29, 1.82) is 0 Å². The molecule has 0 unspecified atom stereocenters. The van der Waals surface area contributed by atoms with Crippen molar-refractivity contribution in [2.24, 2.45) is 0 Å². The van der Waals surface area contributed by atoms with Crippen molar-refractivity contribution in [3.63, 3.8) is 0 Å². The monoisotopic (exact) mass is 218 g/mol. The van der Waals surface area contributed by atoms with E-state index in [-0.39, 0.29) is 5.78 Å². The molecule has 0 saturated carbocycles. The highest BCUT2D eigenvalue weighted by atomic mass is 16.1. The average Bonchev–Trinajstić information content (AvgIpc) is 2.64. The molecule has 1 aliphatic heterocycles. The first-order chi connectivity index (χ1) is 7.81. The highest BCUT2D eigenvalue weighted by Gasteiger charge is 2.21. The summed E-state index contributed by atoms with van der Waals surface area (Å²) in [5, 5.41) is 11.0. The van der Waals surface area contributed by atoms with E-state index in [1.165, 1.54) is 0 Å². The lowest BCUT2D eigenvalue weighted by molar-refractivity contribution is 0.0975. The van der Waals surface area contributed by atoms with Gasteiger partial charge >= 0.3 is 0 Å². The van der Waals surface area contributed by atoms with Gasteiger partial charge in [0.1, 0.15) is 5.69 Å². The van der Waals surface area contributed by atoms with E-state index in [4.69, 9.17) is 6.42 Å². The molecule has 2 rings (SSSR count). The Labute approximate surface area is 94.2 Å². The molecule has 0 bridgehead atoms. The SMILES string of the molecule is C#CCCCC(=O)c1cn(C2CNC2)nn1. The van der Waals surface area contributed by atoms with Crippen LogP contribution < -0.4 is 5.32 Å². The van der Waals surface area contributed by atoms with E-state index in [9.17, 15) is 4.79 Å². The molecule has 1 aromatic rings. The molecule has 0 aromatic carbocycles. The van der Waals surface area contributed by atoms with Gasteiger partial charge in [0, 0.05) is 25.9 Å². The number of nitrogens with one attached hydrogen (secondary N) is 1. The van der Waals surface area contributed by atoms with Crippen molar-refractivity contribution in [3.05, 3.63) is 11.9 Å². The summed E-state index contributed by atoms with van der Waals surface area (Å²) in [7, 11) is 0. The third-order valence-electron chi connectivity index (χ3n) is 2.65. The predicted octanol–water partition coefficient (Wildman–Crippen LogP) is 0.409. The van der Waals surface area contributed by atoms with Crippen molar-refractivity contribution in [1.82, 2.24) is 20.3 Å². The van der Waals surface area contributed by atoms with Crippen molar-refractivity contribution in [2.75, 3.05) is 13.1 Å². The van der Waals surface area contributed by atoms with Crippen LogP contribution in [0, 0.1) is 12.3 Å². The second kappa shape index (κ2) is 4.90. The molecule has 84 valence electrons. The highest BCUT2D eigenvalue weighted by molar-refractivity contribution is 5.93. The van der Waals surface area contributed by atoms with Gasteiger partial charge in [0.2, 0.25) is 0 Å². The minimum atomic E-state index is 0.0220. The number of carbonyl (C=O) groups excluding carboxylic acids is 1. The number of rotatable bonds is 5. The van der Waals surface area contributed by atoms with Crippen LogP contribution in [0.3, 0.4) is 0 Å². The fourth-order valence-electron chi connectivity index (χ4n) is 1.52. The first-order valence-electron chi connectivity index (χ1n) is 5.40. The standard InChI is InChI=1S/C11H14N4O/c1-2-3-4-5-11(16)10-8-15(14-13-10)9-6-12-7-9/h1,8-9,12H,3-7H2. The minimum Gasteiger partial charge on any atom is -0.312 e. The van der Waals surface area contributed by atoms with Crippen molar-refractivity contribution in [3.8, 4) is 12.3 Å². The Hall–Kier alpha value is -1.67. The fraction of sp³-hybridized carbons (Fsp3) is 0.545. The van der Waals surface area contributed by atoms with Crippen LogP contribution in [0.25, 0.3) is 0 Å². The lowest BCUT2D eigenvalue weighted by Crippen LogP contribution is -2.43. The van der Waals surface area contributed by atoms with Gasteiger partial charge in [0.15, 0.2) is 5.78 Å². The van der Waals surface area contributed by atoms with Crippen LogP contribution in [0.4, 0.5) is 0 Å². The molecule has 5 nitrogen and oxygen atoms in total. The van der Waals surface area contributed by atoms with Crippen LogP contribution in [-0.4, -0.2) is 33.9 Å². The van der Waals surface area contributed by atoms with Crippen molar-refractivity contribution in [2.45, 2.75) is 25.3 Å². The van der Waals surface area contributed by atoms with E-state index in [0.717, 1.165) is 13.1 Å². The molecular weight excluding hydrogens is 204 g/mol. The summed E-state index contributed by atoms with van der Waals surface area (Å²) in [4.78, 5) is 11.7. The summed E-state index contributed by atoms with van der Waals surface area (Å²) in [6, 6.07) is 0.347. The van der Waals surface area contributed by atoms with Crippen molar-refractivity contribution >= 4 is 5.78 Å². The van der Waals surface area contributed by atoms with Crippen LogP contribution in [-0.2, 0) is 0 Å². The topological polar surface area (TPSA) is 59.8 Å². The summed E-state index contributed by atoms with van der Waals surface area (Å²) in [5.74, 6) is 2.54. The largest absolute Gasteiger partial charge is 0.312 e. The molecule has 16 heavy (non-hydrogen) atoms. The number of carbonyl (C=O) groups is 1. The molecule has 1 N–H and O–H groups in total. The third kappa shape index (κ3) is 2.28. The lowest BCUT2D eigenvalue weighted by Gasteiger charge is -2.26. The summed E-state index contributed by atoms with van der Waals surface area (Å²) in [6.07, 6.45) is 8.65. The Kier molecular flexibility index (Phi) is 3.32. The van der Waals surface area contributed by atoms with Crippen LogP contribution >= 0.6 is 0 Å². The molecule has 0 atom stereocenters. The molecule has 2 heterocycles. The van der Waals surface area contributed by atoms with Crippen molar-refractivity contribution < 1.29 is 4.79 Å². The van der Waals surface area contributed by atoms with Gasteiger partial charge < -0.3 is 5.32 Å². The maximum Gasteiger partial charge on any atom is 0.184 e. The van der Waals surface area contributed by atoms with Gasteiger partial charge in [0.25, 0.3) is 0 Å². The Morgan fingerprint density at radius 3 is 3.12 bits per heavy atom. The van der Waals surface area contributed by atoms with E-state index >= 15 is 0 Å². The number of terminal acetylenes is 1. The quantitative estimate of drug-likeness (QED) is 0.442. The third-order valence-corrected chi connectivity index (χ3v) is 2.65. The fourth-order valence-corrected chi connectivity index (χ4v) is 1.52. The van der Waals surface area contributed by atoms with E-state index in [1.807, 2.05) is 0 Å². The highest BCUT2D eigenvalue weighted by Crippen LogP contribution is 2.11. The Morgan fingerprint density at radius 1 is 1.69 bits per heavy atom. The molecule has 5 heteroatoms. The maximum absolute atomic E-state index is 11.7. The number of nitrogens with zero attached hydrogens (tertiary/aromatic N) is 3. The summed E-state index contributed by atoms with van der Waals surface area (Å²) in [6.45, 7) is 1.79. The van der Waals surface area contributed by atoms with Crippen LogP contribution in [0.5, 0.6) is 0 Å². The van der Waals surface area contributed by atoms with Crippen LogP contribution in [0.2, 0.25) is 0 Å². The second-order valence-corrected chi connectivity index (χ2v) is 3.88. The molecule has 1 fully saturated rings. The number of unbranched alkanes of at least 4 members (excludes halogenated alkanes) is 1. The van der Waals surface area contributed by atoms with E-state index in [1.54, 1.807) is 10.9 Å². The zero-order valence-corrected chi connectivity index (χ0v) is 9.02. The predicted molar refractivity (Wildman–Crippen MR) is 58.9 cm³/mol. The van der Waals surface area contributed by atoms with Crippen LogP contribution in [0.15, 0.2) is 6.20 Å². The zero-order valence-electron chi connectivity index (χ0n) is 9.02. The Morgan fingerprint density at radius 2 is 2.50 bits per heavy atom. The van der Waals surface area contributed by atoms with Gasteiger partial charge in [-0.15, -0.1) is 17.4 Å². The number of aromatic nitrogens is 3. The summed E-state index contributed by atoms with van der Waals surface area (Å²) < 4.78 is 1.75. The van der Waals surface area contributed by atoms with Gasteiger partial charge in [0.05, 0.1) is 12.2 Å². The molecule has 0 aliphatic carbocycles. The van der Waals surface area contributed by atoms with Gasteiger partial charge in [-0.25, -0.2) is 4.68 Å². The first-order valence-corrected chi connectivity index (χ1v) is 5.40. The molecule has 0 spiro atoms. The zero-order chi connectivity index (χ0) is 11.4. The van der Waals surface area contributed by atoms with E-state index in [2.05, 4.69) is 21.5 Å². The molecule has 1 aliphatic rings. The maximum atomic E-state index is 11.7. The Balaban J connectivity index is 1.90. The molecule has 0 amide bonds. The minimum absolute atomic E-state index is 0.0220. The van der Waals surface area contributed by atoms with Gasteiger partial charge in [-0.3, -0.25) is 4.79 Å². The summed E-state index contributed by atoms with van der Waals surface area (Å²) >= 11 is 0. The molecule has 1 aromatic heterocycles. The number of hydrogen-bond donors (Lipinski definition) is 1. The number of Topliss-reactive ketones (excluding diaryl/α,β-unsaturated/α-hetero) is 1. The second-order valence-electron chi connectivity index (χ2n) is 3.88. The lowest BCUT2D eigenvalue weighted by atomic mass is 10.1. The van der Waals surface area contributed by atoms with E-state index in [0.29, 0.717) is 31.0 Å². The Bertz CT molecular complexity index is 414. The first kappa shape index (κ1) is 10.8. The molecule has 1 saturated heterocycles. The molecule has 0 radical (unpaired) electrons. The number of hydrogen-bond acceptors (Lipinski definition) is 4. The average molecular weight is 218 g/mol. The molecular formula is C11H14N4O. The van der Waals surface area contributed by atoms with E-state index < -0.39 is 0 Å². The number of ketones is 1.